The van der Waals surface area contributed by atoms with Crippen LogP contribution in [0, 0.1) is 25.5 Å². The SMILES string of the molecule is COc1nc(N(C)[C@@H]2CCN(C(=O)/C=C/c3cc(C)nc(C)n3)C2)c2cnc(-c3cccc4ccc(F)c(Cl)c34)c(F)c2n1. The van der Waals surface area contributed by atoms with Gasteiger partial charge in [0.15, 0.2) is 5.82 Å². The molecule has 1 amide bonds. The number of pyridine rings is 1. The van der Waals surface area contributed by atoms with E-state index in [-0.39, 0.29) is 34.2 Å². The van der Waals surface area contributed by atoms with E-state index in [0.29, 0.717) is 58.6 Å². The molecule has 1 fully saturated rings. The Hall–Kier alpha value is -4.77. The Balaban J connectivity index is 1.32. The number of ether oxygens (including phenoxy) is 1. The molecule has 0 aliphatic carbocycles. The van der Waals surface area contributed by atoms with Crippen molar-refractivity contribution in [2.45, 2.75) is 26.3 Å². The first-order chi connectivity index (χ1) is 21.1. The molecule has 6 rings (SSSR count). The van der Waals surface area contributed by atoms with Crippen molar-refractivity contribution in [2.75, 3.05) is 32.1 Å². The fourth-order valence-electron chi connectivity index (χ4n) is 5.60. The summed E-state index contributed by atoms with van der Waals surface area (Å²) in [5.41, 5.74) is 1.80. The van der Waals surface area contributed by atoms with Gasteiger partial charge in [0.2, 0.25) is 5.91 Å². The zero-order chi connectivity index (χ0) is 31.1. The Morgan fingerprint density at radius 1 is 1.14 bits per heavy atom. The van der Waals surface area contributed by atoms with E-state index < -0.39 is 11.6 Å². The predicted octanol–water partition coefficient (Wildman–Crippen LogP) is 5.94. The highest BCUT2D eigenvalue weighted by molar-refractivity contribution is 6.36. The van der Waals surface area contributed by atoms with Crippen LogP contribution in [0.5, 0.6) is 6.01 Å². The number of aryl methyl sites for hydroxylation is 2. The van der Waals surface area contributed by atoms with E-state index in [1.807, 2.05) is 31.9 Å². The van der Waals surface area contributed by atoms with E-state index >= 15 is 4.39 Å². The first-order valence-electron chi connectivity index (χ1n) is 13.9. The number of methoxy groups -OCH3 is 1. The van der Waals surface area contributed by atoms with Crippen LogP contribution in [0.25, 0.3) is 39.0 Å². The molecule has 1 atom stereocenters. The van der Waals surface area contributed by atoms with Crippen LogP contribution >= 0.6 is 11.6 Å². The van der Waals surface area contributed by atoms with Gasteiger partial charge in [-0.05, 0) is 43.9 Å². The molecule has 44 heavy (non-hydrogen) atoms. The minimum Gasteiger partial charge on any atom is -0.467 e. The van der Waals surface area contributed by atoms with Gasteiger partial charge in [0.25, 0.3) is 0 Å². The number of hydrogen-bond acceptors (Lipinski definition) is 8. The van der Waals surface area contributed by atoms with E-state index in [1.54, 1.807) is 35.2 Å². The number of nitrogens with zero attached hydrogens (tertiary/aromatic N) is 7. The summed E-state index contributed by atoms with van der Waals surface area (Å²) >= 11 is 6.32. The van der Waals surface area contributed by atoms with Gasteiger partial charge < -0.3 is 14.5 Å². The minimum atomic E-state index is -0.714. The van der Waals surface area contributed by atoms with Gasteiger partial charge in [-0.3, -0.25) is 9.78 Å². The molecule has 1 aliphatic heterocycles. The number of halogens is 3. The van der Waals surface area contributed by atoms with Crippen LogP contribution in [0.2, 0.25) is 5.02 Å². The van der Waals surface area contributed by atoms with Crippen molar-refractivity contribution < 1.29 is 18.3 Å². The molecule has 9 nitrogen and oxygen atoms in total. The zero-order valence-electron chi connectivity index (χ0n) is 24.5. The number of fused-ring (bicyclic) bond motifs is 2. The van der Waals surface area contributed by atoms with Crippen molar-refractivity contribution in [1.29, 1.82) is 0 Å². The van der Waals surface area contributed by atoms with Crippen LogP contribution in [0.1, 0.15) is 23.6 Å². The Bertz CT molecular complexity index is 1950. The molecule has 0 saturated carbocycles. The van der Waals surface area contributed by atoms with Crippen molar-refractivity contribution in [1.82, 2.24) is 29.8 Å². The van der Waals surface area contributed by atoms with Crippen LogP contribution in [0.3, 0.4) is 0 Å². The van der Waals surface area contributed by atoms with Crippen molar-refractivity contribution in [3.05, 3.63) is 82.5 Å². The summed E-state index contributed by atoms with van der Waals surface area (Å²) in [4.78, 5) is 38.5. The number of carbonyl (C=O) groups excluding carboxylic acids is 1. The lowest BCUT2D eigenvalue weighted by Crippen LogP contribution is -2.36. The largest absolute Gasteiger partial charge is 0.467 e. The van der Waals surface area contributed by atoms with Gasteiger partial charge in [0.1, 0.15) is 28.7 Å². The number of likely N-dealkylation sites (N-methyl/N-ethyl adjacent to an activating group) is 1. The highest BCUT2D eigenvalue weighted by Crippen LogP contribution is 2.38. The first-order valence-corrected chi connectivity index (χ1v) is 14.3. The molecule has 5 aromatic rings. The quantitative estimate of drug-likeness (QED) is 0.217. The number of rotatable bonds is 6. The fraction of sp³-hybridized carbons (Fsp3) is 0.250. The van der Waals surface area contributed by atoms with Crippen LogP contribution < -0.4 is 9.64 Å². The third-order valence-corrected chi connectivity index (χ3v) is 8.13. The van der Waals surface area contributed by atoms with E-state index in [0.717, 1.165) is 5.69 Å². The van der Waals surface area contributed by atoms with Gasteiger partial charge >= 0.3 is 6.01 Å². The third kappa shape index (κ3) is 5.39. The summed E-state index contributed by atoms with van der Waals surface area (Å²) in [7, 11) is 3.24. The maximum atomic E-state index is 16.3. The molecule has 0 radical (unpaired) electrons. The Kier molecular flexibility index (Phi) is 7.81. The average Bonchev–Trinajstić information content (AvgIpc) is 3.51. The van der Waals surface area contributed by atoms with E-state index in [4.69, 9.17) is 16.3 Å². The van der Waals surface area contributed by atoms with Gasteiger partial charge in [0.05, 0.1) is 23.2 Å². The highest BCUT2D eigenvalue weighted by atomic mass is 35.5. The molecule has 0 bridgehead atoms. The van der Waals surface area contributed by atoms with Gasteiger partial charge in [-0.25, -0.2) is 18.7 Å². The molecule has 12 heteroatoms. The number of amides is 1. The van der Waals surface area contributed by atoms with Crippen molar-refractivity contribution >= 4 is 51.1 Å². The van der Waals surface area contributed by atoms with Gasteiger partial charge in [-0.1, -0.05) is 35.9 Å². The molecular formula is C32H28ClF2N7O2. The summed E-state index contributed by atoms with van der Waals surface area (Å²) in [5, 5.41) is 1.25. The number of carbonyl (C=O) groups is 1. The number of benzene rings is 2. The second-order valence-electron chi connectivity index (χ2n) is 10.6. The summed E-state index contributed by atoms with van der Waals surface area (Å²) in [6, 6.07) is 9.68. The van der Waals surface area contributed by atoms with Gasteiger partial charge in [-0.15, -0.1) is 0 Å². The average molecular weight is 616 g/mol. The number of anilines is 1. The summed E-state index contributed by atoms with van der Waals surface area (Å²) < 4.78 is 36.0. The van der Waals surface area contributed by atoms with Gasteiger partial charge in [0, 0.05) is 55.1 Å². The Morgan fingerprint density at radius 2 is 1.95 bits per heavy atom. The van der Waals surface area contributed by atoms with Crippen LogP contribution in [0.4, 0.5) is 14.6 Å². The molecule has 224 valence electrons. The second kappa shape index (κ2) is 11.7. The summed E-state index contributed by atoms with van der Waals surface area (Å²) in [5.74, 6) is -0.412. The van der Waals surface area contributed by atoms with E-state index in [2.05, 4.69) is 24.9 Å². The molecule has 0 N–H and O–H groups in total. The monoisotopic (exact) mass is 615 g/mol. The number of likely N-dealkylation sites (tertiary alicyclic amines) is 1. The molecule has 4 heterocycles. The summed E-state index contributed by atoms with van der Waals surface area (Å²) in [6.45, 7) is 4.66. The van der Waals surface area contributed by atoms with E-state index in [1.165, 1.54) is 25.4 Å². The van der Waals surface area contributed by atoms with E-state index in [9.17, 15) is 9.18 Å². The maximum Gasteiger partial charge on any atom is 0.318 e. The molecule has 0 unspecified atom stereocenters. The standard InChI is InChI=1S/C32H28ClF2N7O2/c1-17-14-20(38-18(2)37-17)9-11-25(43)42-13-12-21(16-42)41(3)31-23-15-36-29(28(35)30(23)39-32(40-31)44-4)22-7-5-6-19-8-10-24(34)27(33)26(19)22/h5-11,14-15,21H,12-13,16H2,1-4H3/b11-9+/t21-/m1/s1. The lowest BCUT2D eigenvalue weighted by Gasteiger charge is -2.27. The highest BCUT2D eigenvalue weighted by Gasteiger charge is 2.31. The maximum absolute atomic E-state index is 16.3. The van der Waals surface area contributed by atoms with Gasteiger partial charge in [-0.2, -0.15) is 9.97 Å². The summed E-state index contributed by atoms with van der Waals surface area (Å²) in [6.07, 6.45) is 5.37. The second-order valence-corrected chi connectivity index (χ2v) is 11.0. The predicted molar refractivity (Wildman–Crippen MR) is 166 cm³/mol. The number of aromatic nitrogens is 5. The third-order valence-electron chi connectivity index (χ3n) is 7.76. The minimum absolute atomic E-state index is 0.00229. The fourth-order valence-corrected chi connectivity index (χ4v) is 5.87. The molecular weight excluding hydrogens is 588 g/mol. The lowest BCUT2D eigenvalue weighted by molar-refractivity contribution is -0.124. The molecule has 2 aromatic carbocycles. The zero-order valence-corrected chi connectivity index (χ0v) is 25.2. The smallest absolute Gasteiger partial charge is 0.318 e. The topological polar surface area (TPSA) is 97.2 Å². The van der Waals surface area contributed by atoms with Crippen LogP contribution in [0.15, 0.2) is 48.7 Å². The normalized spacial score (nSPS) is 15.1. The van der Waals surface area contributed by atoms with Crippen LogP contribution in [-0.2, 0) is 4.79 Å². The molecule has 1 saturated heterocycles. The molecule has 0 spiro atoms. The molecule has 1 aliphatic rings. The molecule has 3 aromatic heterocycles. The first kappa shape index (κ1) is 29.3. The Labute approximate surface area is 257 Å². The Morgan fingerprint density at radius 3 is 2.73 bits per heavy atom. The lowest BCUT2D eigenvalue weighted by atomic mass is 10.0. The van der Waals surface area contributed by atoms with Crippen molar-refractivity contribution in [3.63, 3.8) is 0 Å². The van der Waals surface area contributed by atoms with Crippen molar-refractivity contribution in [3.8, 4) is 17.3 Å². The van der Waals surface area contributed by atoms with Crippen molar-refractivity contribution in [2.24, 2.45) is 0 Å². The number of hydrogen-bond donors (Lipinski definition) is 0. The van der Waals surface area contributed by atoms with Crippen LogP contribution in [-0.4, -0.2) is 69.0 Å².